The van der Waals surface area contributed by atoms with Gasteiger partial charge in [-0.1, -0.05) is 6.07 Å². The van der Waals surface area contributed by atoms with E-state index in [1.807, 2.05) is 6.07 Å². The van der Waals surface area contributed by atoms with Crippen LogP contribution in [-0.4, -0.2) is 32.3 Å². The second kappa shape index (κ2) is 3.38. The molecule has 1 unspecified atom stereocenters. The zero-order valence-electron chi connectivity index (χ0n) is 8.37. The molecule has 0 bridgehead atoms. The van der Waals surface area contributed by atoms with Gasteiger partial charge in [0.2, 0.25) is 0 Å². The maximum Gasteiger partial charge on any atom is 0.148 e. The molecule has 1 aromatic rings. The number of anilines is 2. The normalized spacial score (nSPS) is 24.1. The standard InChI is InChI=1S/C11H13FN2O/c12-9-2-1-3-10-11(9)13-6-8-7-15-5-4-14(8)10/h1-3,8,13H,4-7H2. The van der Waals surface area contributed by atoms with E-state index in [2.05, 4.69) is 10.2 Å². The van der Waals surface area contributed by atoms with Gasteiger partial charge in [-0.25, -0.2) is 4.39 Å². The fourth-order valence-corrected chi connectivity index (χ4v) is 2.29. The molecule has 1 saturated heterocycles. The number of rotatable bonds is 0. The van der Waals surface area contributed by atoms with E-state index in [4.69, 9.17) is 4.74 Å². The number of nitrogens with one attached hydrogen (secondary N) is 1. The zero-order valence-corrected chi connectivity index (χ0v) is 8.37. The summed E-state index contributed by atoms with van der Waals surface area (Å²) in [4.78, 5) is 2.23. The highest BCUT2D eigenvalue weighted by Gasteiger charge is 2.29. The van der Waals surface area contributed by atoms with E-state index in [0.29, 0.717) is 11.7 Å². The van der Waals surface area contributed by atoms with Gasteiger partial charge in [0.15, 0.2) is 0 Å². The number of hydrogen-bond acceptors (Lipinski definition) is 3. The van der Waals surface area contributed by atoms with E-state index in [1.165, 1.54) is 6.07 Å². The lowest BCUT2D eigenvalue weighted by Gasteiger charge is -2.42. The maximum atomic E-state index is 13.5. The Hall–Kier alpha value is -1.29. The predicted octanol–water partition coefficient (Wildman–Crippen LogP) is 1.46. The van der Waals surface area contributed by atoms with Gasteiger partial charge in [-0.2, -0.15) is 0 Å². The highest BCUT2D eigenvalue weighted by molar-refractivity contribution is 5.73. The van der Waals surface area contributed by atoms with Gasteiger partial charge in [0, 0.05) is 13.1 Å². The smallest absolute Gasteiger partial charge is 0.148 e. The summed E-state index contributed by atoms with van der Waals surface area (Å²) in [5.74, 6) is -0.169. The predicted molar refractivity (Wildman–Crippen MR) is 56.8 cm³/mol. The molecular weight excluding hydrogens is 195 g/mol. The fraction of sp³-hybridized carbons (Fsp3) is 0.455. The van der Waals surface area contributed by atoms with Crippen molar-refractivity contribution in [1.82, 2.24) is 0 Å². The van der Waals surface area contributed by atoms with Crippen LogP contribution in [-0.2, 0) is 4.74 Å². The molecule has 0 aliphatic carbocycles. The lowest BCUT2D eigenvalue weighted by atomic mass is 10.1. The number of halogens is 1. The first-order chi connectivity index (χ1) is 7.36. The van der Waals surface area contributed by atoms with Crippen molar-refractivity contribution >= 4 is 11.4 Å². The molecular formula is C11H13FN2O. The van der Waals surface area contributed by atoms with Gasteiger partial charge in [-0.15, -0.1) is 0 Å². The van der Waals surface area contributed by atoms with Crippen molar-refractivity contribution in [2.45, 2.75) is 6.04 Å². The van der Waals surface area contributed by atoms with Crippen LogP contribution in [0.2, 0.25) is 0 Å². The van der Waals surface area contributed by atoms with E-state index >= 15 is 0 Å². The van der Waals surface area contributed by atoms with Crippen LogP contribution in [0.4, 0.5) is 15.8 Å². The molecule has 1 N–H and O–H groups in total. The molecule has 3 rings (SSSR count). The van der Waals surface area contributed by atoms with Crippen LogP contribution >= 0.6 is 0 Å². The van der Waals surface area contributed by atoms with Gasteiger partial charge in [0.1, 0.15) is 5.82 Å². The van der Waals surface area contributed by atoms with Crippen molar-refractivity contribution in [2.75, 3.05) is 36.5 Å². The molecule has 1 atom stereocenters. The minimum absolute atomic E-state index is 0.169. The van der Waals surface area contributed by atoms with Crippen LogP contribution in [0.5, 0.6) is 0 Å². The van der Waals surface area contributed by atoms with Gasteiger partial charge in [-0.3, -0.25) is 0 Å². The second-order valence-electron chi connectivity index (χ2n) is 3.94. The summed E-state index contributed by atoms with van der Waals surface area (Å²) in [6.45, 7) is 3.06. The third-order valence-electron chi connectivity index (χ3n) is 3.04. The summed E-state index contributed by atoms with van der Waals surface area (Å²) >= 11 is 0. The third-order valence-corrected chi connectivity index (χ3v) is 3.04. The Labute approximate surface area is 87.8 Å². The lowest BCUT2D eigenvalue weighted by Crippen LogP contribution is -2.51. The number of ether oxygens (including phenoxy) is 1. The molecule has 1 fully saturated rings. The van der Waals surface area contributed by atoms with Crippen molar-refractivity contribution in [3.05, 3.63) is 24.0 Å². The molecule has 2 aliphatic heterocycles. The first kappa shape index (κ1) is 8.97. The molecule has 15 heavy (non-hydrogen) atoms. The molecule has 0 radical (unpaired) electrons. The van der Waals surface area contributed by atoms with Crippen molar-refractivity contribution in [3.8, 4) is 0 Å². The van der Waals surface area contributed by atoms with Crippen molar-refractivity contribution < 1.29 is 9.13 Å². The first-order valence-corrected chi connectivity index (χ1v) is 5.23. The Morgan fingerprint density at radius 3 is 3.33 bits per heavy atom. The van der Waals surface area contributed by atoms with E-state index in [0.717, 1.165) is 32.0 Å². The third kappa shape index (κ3) is 1.36. The van der Waals surface area contributed by atoms with Gasteiger partial charge in [0.05, 0.1) is 30.6 Å². The van der Waals surface area contributed by atoms with Crippen LogP contribution in [0.3, 0.4) is 0 Å². The molecule has 2 heterocycles. The lowest BCUT2D eigenvalue weighted by molar-refractivity contribution is 0.0963. The SMILES string of the molecule is Fc1cccc2c1NCC1COCCN21. The van der Waals surface area contributed by atoms with Crippen LogP contribution in [0.15, 0.2) is 18.2 Å². The molecule has 0 aromatic heterocycles. The Bertz CT molecular complexity index is 383. The minimum atomic E-state index is -0.169. The van der Waals surface area contributed by atoms with Gasteiger partial charge < -0.3 is 15.0 Å². The number of fused-ring (bicyclic) bond motifs is 3. The zero-order chi connectivity index (χ0) is 10.3. The van der Waals surface area contributed by atoms with Crippen molar-refractivity contribution in [1.29, 1.82) is 0 Å². The first-order valence-electron chi connectivity index (χ1n) is 5.23. The van der Waals surface area contributed by atoms with E-state index in [1.54, 1.807) is 6.07 Å². The number of morpholine rings is 1. The molecule has 0 spiro atoms. The van der Waals surface area contributed by atoms with Crippen LogP contribution in [0.25, 0.3) is 0 Å². The molecule has 3 nitrogen and oxygen atoms in total. The Kier molecular flexibility index (Phi) is 2.02. The monoisotopic (exact) mass is 208 g/mol. The van der Waals surface area contributed by atoms with Crippen molar-refractivity contribution in [3.63, 3.8) is 0 Å². The average Bonchev–Trinajstić information content (AvgIpc) is 2.29. The summed E-state index contributed by atoms with van der Waals surface area (Å²) in [5, 5.41) is 3.13. The molecule has 0 saturated carbocycles. The van der Waals surface area contributed by atoms with Crippen LogP contribution in [0, 0.1) is 5.82 Å². The largest absolute Gasteiger partial charge is 0.379 e. The molecule has 2 aliphatic rings. The summed E-state index contributed by atoms with van der Waals surface area (Å²) in [5.41, 5.74) is 1.60. The highest BCUT2D eigenvalue weighted by atomic mass is 19.1. The second-order valence-corrected chi connectivity index (χ2v) is 3.94. The topological polar surface area (TPSA) is 24.5 Å². The number of nitrogens with zero attached hydrogens (tertiary/aromatic N) is 1. The van der Waals surface area contributed by atoms with Gasteiger partial charge in [-0.05, 0) is 12.1 Å². The average molecular weight is 208 g/mol. The quantitative estimate of drug-likeness (QED) is 0.698. The fourth-order valence-electron chi connectivity index (χ4n) is 2.29. The Morgan fingerprint density at radius 1 is 1.47 bits per heavy atom. The Morgan fingerprint density at radius 2 is 2.40 bits per heavy atom. The molecule has 80 valence electrons. The van der Waals surface area contributed by atoms with Crippen LogP contribution < -0.4 is 10.2 Å². The van der Waals surface area contributed by atoms with Crippen LogP contribution in [0.1, 0.15) is 0 Å². The van der Waals surface area contributed by atoms with E-state index in [-0.39, 0.29) is 5.82 Å². The Balaban J connectivity index is 2.03. The van der Waals surface area contributed by atoms with Gasteiger partial charge >= 0.3 is 0 Å². The summed E-state index contributed by atoms with van der Waals surface area (Å²) in [6.07, 6.45) is 0. The number of para-hydroxylation sites is 1. The van der Waals surface area contributed by atoms with Gasteiger partial charge in [0.25, 0.3) is 0 Å². The summed E-state index contributed by atoms with van der Waals surface area (Å²) in [6, 6.07) is 5.55. The molecule has 0 amide bonds. The van der Waals surface area contributed by atoms with E-state index in [9.17, 15) is 4.39 Å². The molecule has 4 heteroatoms. The molecule has 1 aromatic carbocycles. The maximum absolute atomic E-state index is 13.5. The minimum Gasteiger partial charge on any atom is -0.379 e. The summed E-state index contributed by atoms with van der Waals surface area (Å²) in [7, 11) is 0. The number of benzene rings is 1. The summed E-state index contributed by atoms with van der Waals surface area (Å²) < 4.78 is 18.9. The van der Waals surface area contributed by atoms with Crippen molar-refractivity contribution in [2.24, 2.45) is 0 Å². The number of hydrogen-bond donors (Lipinski definition) is 1. The van der Waals surface area contributed by atoms with E-state index < -0.39 is 0 Å². The highest BCUT2D eigenvalue weighted by Crippen LogP contribution is 2.34.